The van der Waals surface area contributed by atoms with Gasteiger partial charge in [-0.3, -0.25) is 4.79 Å². The highest BCUT2D eigenvalue weighted by Crippen LogP contribution is 2.50. The van der Waals surface area contributed by atoms with Crippen LogP contribution in [0.15, 0.2) is 77.6 Å². The Hall–Kier alpha value is -6.12. The molecule has 4 heterocycles. The van der Waals surface area contributed by atoms with E-state index in [9.17, 15) is 29.4 Å². The van der Waals surface area contributed by atoms with Crippen LogP contribution in [0.1, 0.15) is 41.2 Å². The molecule has 2 aromatic heterocycles. The predicted octanol–water partition coefficient (Wildman–Crippen LogP) is 4.41. The smallest absolute Gasteiger partial charge is 0.343 e. The van der Waals surface area contributed by atoms with E-state index in [-0.39, 0.29) is 42.7 Å². The van der Waals surface area contributed by atoms with Gasteiger partial charge < -0.3 is 40.8 Å². The van der Waals surface area contributed by atoms with Gasteiger partial charge in [-0.2, -0.15) is 0 Å². The highest BCUT2D eigenvalue weighted by molar-refractivity contribution is 7.80. The summed E-state index contributed by atoms with van der Waals surface area (Å²) in [5.74, 6) is -1.81. The molecule has 268 valence electrons. The number of carbonyl (C=O) groups excluding carboxylic acids is 2. The minimum atomic E-state index is -1.80. The Morgan fingerprint density at radius 3 is 2.58 bits per heavy atom. The molecule has 1 unspecified atom stereocenters. The number of urea groups is 1. The van der Waals surface area contributed by atoms with Gasteiger partial charge >= 0.3 is 18.0 Å². The third-order valence-electron chi connectivity index (χ3n) is 9.92. The first-order chi connectivity index (χ1) is 25.5. The summed E-state index contributed by atoms with van der Waals surface area (Å²) < 4.78 is 6.74. The number of nitrogens with one attached hydrogen (secondary N) is 4. The number of carbonyl (C=O) groups is 3. The molecule has 8 rings (SSSR count). The number of aromatic nitrogens is 2. The van der Waals surface area contributed by atoms with Crippen molar-refractivity contribution in [3.8, 4) is 22.5 Å². The molecule has 2 atom stereocenters. The molecule has 0 saturated carbocycles. The fourth-order valence-electron chi connectivity index (χ4n) is 7.35. The van der Waals surface area contributed by atoms with Gasteiger partial charge in [0, 0.05) is 47.3 Å². The van der Waals surface area contributed by atoms with Crippen molar-refractivity contribution in [3.05, 3.63) is 111 Å². The topological polar surface area (TPSA) is 184 Å². The fraction of sp³-hybridized carbons (Fsp3) is 0.231. The lowest BCUT2D eigenvalue weighted by Gasteiger charge is -2.42. The average molecular weight is 731 g/mol. The number of aliphatic carboxylic acids is 1. The Labute approximate surface area is 308 Å². The number of carboxylic acid groups (broad SMARTS) is 1. The molecule has 3 aromatic carbocycles. The first-order valence-electron chi connectivity index (χ1n) is 17.2. The van der Waals surface area contributed by atoms with E-state index in [1.54, 1.807) is 10.6 Å². The van der Waals surface area contributed by atoms with E-state index in [2.05, 4.69) is 21.3 Å². The van der Waals surface area contributed by atoms with Crippen molar-refractivity contribution in [2.24, 2.45) is 0 Å². The number of cyclic esters (lactones) is 1. The average Bonchev–Trinajstić information content (AvgIpc) is 3.51. The van der Waals surface area contributed by atoms with Crippen LogP contribution in [0.3, 0.4) is 0 Å². The second kappa shape index (κ2) is 13.1. The van der Waals surface area contributed by atoms with Crippen LogP contribution in [0, 0.1) is 0 Å². The summed E-state index contributed by atoms with van der Waals surface area (Å²) in [4.78, 5) is 55.1. The summed E-state index contributed by atoms with van der Waals surface area (Å²) in [6.45, 7) is 2.65. The third kappa shape index (κ3) is 5.95. The number of ether oxygens (including phenoxy) is 1. The zero-order valence-corrected chi connectivity index (χ0v) is 29.3. The number of benzene rings is 3. The standard InChI is InChI=1S/C39H34N6O7S/c1-2-13-40-37(50)41-24-6-3-5-22(15-24)21-11-9-20(10-12-21)14-30(35(47)48)44-38(53)43-29-8-4-7-28-25(29)16-23-18-45-33(32(23)42-28)26-17-39(51)31(26)27(34(45)46)19-52-36(39)49/h3-12,15-16,30,51H,2,13-14,17-19H2,1H3,(H,47,48)(H2,40,41,50)(H2,43,44,53)/t30?,39-/m0/s1. The Kier molecular flexibility index (Phi) is 8.42. The maximum absolute atomic E-state index is 13.5. The highest BCUT2D eigenvalue weighted by Gasteiger charge is 2.56. The number of rotatable bonds is 9. The molecule has 0 bridgehead atoms. The van der Waals surface area contributed by atoms with Crippen LogP contribution in [0.2, 0.25) is 0 Å². The minimum Gasteiger partial charge on any atom is -0.480 e. The van der Waals surface area contributed by atoms with Gasteiger partial charge in [0.1, 0.15) is 12.6 Å². The SMILES string of the molecule is CCCNC(=O)Nc1cccc(-c2ccc(CC(NC(=S)Nc3cccc4nc5c(cc34)Cn3c-5c4c5c(c3=O)COC(=O)[C@]5(O)C4)C(=O)O)cc2)c1. The van der Waals surface area contributed by atoms with E-state index in [1.165, 1.54) is 0 Å². The molecule has 14 heteroatoms. The van der Waals surface area contributed by atoms with Crippen molar-refractivity contribution in [1.82, 2.24) is 20.2 Å². The van der Waals surface area contributed by atoms with E-state index in [0.717, 1.165) is 39.6 Å². The number of hydrogen-bond acceptors (Lipinski definition) is 8. The monoisotopic (exact) mass is 730 g/mol. The molecular formula is C39H34N6O7S. The number of anilines is 2. The minimum absolute atomic E-state index is 0.0471. The van der Waals surface area contributed by atoms with Crippen LogP contribution >= 0.6 is 12.2 Å². The lowest BCUT2D eigenvalue weighted by Crippen LogP contribution is -2.53. The Morgan fingerprint density at radius 2 is 1.81 bits per heavy atom. The van der Waals surface area contributed by atoms with Crippen molar-refractivity contribution in [3.63, 3.8) is 0 Å². The summed E-state index contributed by atoms with van der Waals surface area (Å²) in [7, 11) is 0. The summed E-state index contributed by atoms with van der Waals surface area (Å²) >= 11 is 5.59. The van der Waals surface area contributed by atoms with Crippen LogP contribution in [0.4, 0.5) is 16.2 Å². The van der Waals surface area contributed by atoms with Gasteiger partial charge in [-0.25, -0.2) is 19.4 Å². The van der Waals surface area contributed by atoms with Crippen molar-refractivity contribution in [1.29, 1.82) is 0 Å². The number of hydrogen-bond donors (Lipinski definition) is 6. The quantitative estimate of drug-likeness (QED) is 0.0916. The predicted molar refractivity (Wildman–Crippen MR) is 202 cm³/mol. The van der Waals surface area contributed by atoms with E-state index in [0.29, 0.717) is 46.0 Å². The molecule has 1 aliphatic carbocycles. The van der Waals surface area contributed by atoms with Gasteiger partial charge in [0.2, 0.25) is 0 Å². The number of thiocarbonyl (C=S) groups is 1. The molecule has 6 N–H and O–H groups in total. The van der Waals surface area contributed by atoms with E-state index < -0.39 is 23.6 Å². The first-order valence-corrected chi connectivity index (χ1v) is 17.6. The summed E-state index contributed by atoms with van der Waals surface area (Å²) in [6, 6.07) is 21.1. The van der Waals surface area contributed by atoms with Crippen LogP contribution in [-0.4, -0.2) is 55.4 Å². The second-order valence-electron chi connectivity index (χ2n) is 13.4. The van der Waals surface area contributed by atoms with Crippen LogP contribution in [-0.2, 0) is 45.9 Å². The number of carboxylic acids is 1. The van der Waals surface area contributed by atoms with Crippen LogP contribution < -0.4 is 26.8 Å². The third-order valence-corrected chi connectivity index (χ3v) is 10.1. The van der Waals surface area contributed by atoms with E-state index >= 15 is 0 Å². The molecule has 53 heavy (non-hydrogen) atoms. The lowest BCUT2D eigenvalue weighted by molar-refractivity contribution is -0.175. The van der Waals surface area contributed by atoms with Crippen molar-refractivity contribution >= 4 is 57.6 Å². The first kappa shape index (κ1) is 34.0. The zero-order chi connectivity index (χ0) is 37.0. The zero-order valence-electron chi connectivity index (χ0n) is 28.5. The Bertz CT molecular complexity index is 2450. The number of esters is 1. The van der Waals surface area contributed by atoms with Gasteiger partial charge in [-0.15, -0.1) is 0 Å². The summed E-state index contributed by atoms with van der Waals surface area (Å²) in [5.41, 5.74) is 5.74. The molecule has 0 fully saturated rings. The Morgan fingerprint density at radius 1 is 1.02 bits per heavy atom. The lowest BCUT2D eigenvalue weighted by atomic mass is 9.69. The van der Waals surface area contributed by atoms with Crippen molar-refractivity contribution in [2.75, 3.05) is 17.2 Å². The number of aliphatic hydroxyl groups is 1. The molecular weight excluding hydrogens is 697 g/mol. The molecule has 2 aliphatic heterocycles. The maximum Gasteiger partial charge on any atom is 0.343 e. The fourth-order valence-corrected chi connectivity index (χ4v) is 7.60. The maximum atomic E-state index is 13.5. The molecule has 0 spiro atoms. The summed E-state index contributed by atoms with van der Waals surface area (Å²) in [5, 5.41) is 33.6. The largest absolute Gasteiger partial charge is 0.480 e. The van der Waals surface area contributed by atoms with Crippen molar-refractivity contribution < 1.29 is 29.3 Å². The molecule has 2 amide bonds. The van der Waals surface area contributed by atoms with Gasteiger partial charge in [0.05, 0.1) is 29.0 Å². The molecule has 0 radical (unpaired) electrons. The van der Waals surface area contributed by atoms with E-state index in [1.807, 2.05) is 73.7 Å². The number of nitrogens with zero attached hydrogens (tertiary/aromatic N) is 2. The molecule has 13 nitrogen and oxygen atoms in total. The van der Waals surface area contributed by atoms with E-state index in [4.69, 9.17) is 21.9 Å². The van der Waals surface area contributed by atoms with Crippen LogP contribution in [0.25, 0.3) is 33.4 Å². The van der Waals surface area contributed by atoms with Gasteiger partial charge in [0.15, 0.2) is 10.7 Å². The number of amides is 2. The Balaban J connectivity index is 0.973. The summed E-state index contributed by atoms with van der Waals surface area (Å²) in [6.07, 6.45) is 1.04. The molecule has 5 aromatic rings. The van der Waals surface area contributed by atoms with Crippen molar-refractivity contribution in [2.45, 2.75) is 51.0 Å². The second-order valence-corrected chi connectivity index (χ2v) is 13.8. The van der Waals surface area contributed by atoms with Gasteiger partial charge in [-0.05, 0) is 71.2 Å². The molecule has 0 saturated heterocycles. The normalized spacial score (nSPS) is 16.7. The van der Waals surface area contributed by atoms with Gasteiger partial charge in [0.25, 0.3) is 5.56 Å². The highest BCUT2D eigenvalue weighted by atomic mass is 32.1. The number of pyridine rings is 2. The molecule has 3 aliphatic rings. The number of fused-ring (bicyclic) bond motifs is 5. The van der Waals surface area contributed by atoms with Crippen LogP contribution in [0.5, 0.6) is 0 Å². The van der Waals surface area contributed by atoms with Gasteiger partial charge in [-0.1, -0.05) is 49.4 Å².